The molecule has 0 aromatic rings. The zero-order valence-corrected chi connectivity index (χ0v) is 7.57. The summed E-state index contributed by atoms with van der Waals surface area (Å²) in [4.78, 5) is 34.3. The SMILES string of the molecule is CCOC(=O)[C@H]1CC(=O)N(C)C1=O. The Morgan fingerprint density at radius 3 is 2.62 bits per heavy atom. The van der Waals surface area contributed by atoms with Crippen LogP contribution in [-0.2, 0) is 19.1 Å². The van der Waals surface area contributed by atoms with Crippen LogP contribution in [0.15, 0.2) is 0 Å². The van der Waals surface area contributed by atoms with Crippen LogP contribution in [0.5, 0.6) is 0 Å². The highest BCUT2D eigenvalue weighted by atomic mass is 16.5. The molecule has 0 aliphatic carbocycles. The van der Waals surface area contributed by atoms with Crippen LogP contribution in [0.4, 0.5) is 0 Å². The minimum atomic E-state index is -0.919. The van der Waals surface area contributed by atoms with Crippen molar-refractivity contribution in [3.8, 4) is 0 Å². The van der Waals surface area contributed by atoms with E-state index >= 15 is 0 Å². The van der Waals surface area contributed by atoms with Crippen molar-refractivity contribution in [2.24, 2.45) is 5.92 Å². The summed E-state index contributed by atoms with van der Waals surface area (Å²) in [5.41, 5.74) is 0. The van der Waals surface area contributed by atoms with E-state index in [0.717, 1.165) is 4.90 Å². The Hall–Kier alpha value is -1.39. The first-order valence-electron chi connectivity index (χ1n) is 4.05. The maximum absolute atomic E-state index is 11.2. The van der Waals surface area contributed by atoms with Crippen LogP contribution in [0.1, 0.15) is 13.3 Å². The van der Waals surface area contributed by atoms with Crippen LogP contribution in [0.2, 0.25) is 0 Å². The van der Waals surface area contributed by atoms with Gasteiger partial charge in [0.15, 0.2) is 0 Å². The van der Waals surface area contributed by atoms with Crippen LogP contribution in [0.25, 0.3) is 0 Å². The van der Waals surface area contributed by atoms with Gasteiger partial charge in [-0.25, -0.2) is 0 Å². The van der Waals surface area contributed by atoms with Gasteiger partial charge in [0.1, 0.15) is 5.92 Å². The Labute approximate surface area is 75.6 Å². The van der Waals surface area contributed by atoms with Crippen molar-refractivity contribution in [3.05, 3.63) is 0 Å². The molecule has 0 radical (unpaired) electrons. The summed E-state index contributed by atoms with van der Waals surface area (Å²) in [7, 11) is 1.36. The second-order valence-electron chi connectivity index (χ2n) is 2.80. The Morgan fingerprint density at radius 2 is 2.23 bits per heavy atom. The predicted molar refractivity (Wildman–Crippen MR) is 42.5 cm³/mol. The quantitative estimate of drug-likeness (QED) is 0.332. The Morgan fingerprint density at radius 1 is 1.62 bits per heavy atom. The van der Waals surface area contributed by atoms with Gasteiger partial charge in [0.2, 0.25) is 11.8 Å². The molecule has 1 fully saturated rings. The second kappa shape index (κ2) is 3.55. The lowest BCUT2D eigenvalue weighted by Crippen LogP contribution is -2.29. The highest BCUT2D eigenvalue weighted by Crippen LogP contribution is 2.18. The number of ether oxygens (including phenoxy) is 1. The molecule has 1 atom stereocenters. The number of esters is 1. The van der Waals surface area contributed by atoms with Crippen molar-refractivity contribution in [2.75, 3.05) is 13.7 Å². The van der Waals surface area contributed by atoms with Crippen LogP contribution >= 0.6 is 0 Å². The van der Waals surface area contributed by atoms with Crippen molar-refractivity contribution in [1.82, 2.24) is 4.90 Å². The van der Waals surface area contributed by atoms with Gasteiger partial charge in [0.05, 0.1) is 6.61 Å². The molecule has 2 amide bonds. The molecule has 0 aromatic carbocycles. The molecular weight excluding hydrogens is 174 g/mol. The lowest BCUT2D eigenvalue weighted by atomic mass is 10.1. The molecule has 0 spiro atoms. The Bertz CT molecular complexity index is 261. The minimum absolute atomic E-state index is 0.0613. The van der Waals surface area contributed by atoms with Gasteiger partial charge in [-0.05, 0) is 6.92 Å². The van der Waals surface area contributed by atoms with Crippen LogP contribution < -0.4 is 0 Å². The van der Waals surface area contributed by atoms with E-state index in [1.807, 2.05) is 0 Å². The molecule has 0 unspecified atom stereocenters. The predicted octanol–water partition coefficient (Wildman–Crippen LogP) is -0.446. The fourth-order valence-corrected chi connectivity index (χ4v) is 1.18. The van der Waals surface area contributed by atoms with Gasteiger partial charge in [0.25, 0.3) is 0 Å². The van der Waals surface area contributed by atoms with Crippen LogP contribution in [0.3, 0.4) is 0 Å². The van der Waals surface area contributed by atoms with Gasteiger partial charge >= 0.3 is 5.97 Å². The van der Waals surface area contributed by atoms with Gasteiger partial charge in [-0.2, -0.15) is 0 Å². The molecule has 0 bridgehead atoms. The van der Waals surface area contributed by atoms with Crippen molar-refractivity contribution in [3.63, 3.8) is 0 Å². The molecule has 1 aliphatic rings. The fraction of sp³-hybridized carbons (Fsp3) is 0.625. The van der Waals surface area contributed by atoms with E-state index in [0.29, 0.717) is 0 Å². The monoisotopic (exact) mass is 185 g/mol. The first-order chi connectivity index (χ1) is 6.07. The van der Waals surface area contributed by atoms with Gasteiger partial charge in [-0.15, -0.1) is 0 Å². The number of carbonyl (C=O) groups excluding carboxylic acids is 3. The summed E-state index contributed by atoms with van der Waals surface area (Å²) in [5, 5.41) is 0. The van der Waals surface area contributed by atoms with Crippen molar-refractivity contribution in [1.29, 1.82) is 0 Å². The molecule has 0 aromatic heterocycles. The molecule has 1 saturated heterocycles. The second-order valence-corrected chi connectivity index (χ2v) is 2.80. The number of imide groups is 1. The highest BCUT2D eigenvalue weighted by Gasteiger charge is 2.41. The zero-order valence-electron chi connectivity index (χ0n) is 7.57. The van der Waals surface area contributed by atoms with Gasteiger partial charge < -0.3 is 4.74 Å². The third-order valence-corrected chi connectivity index (χ3v) is 1.95. The average molecular weight is 185 g/mol. The van der Waals surface area contributed by atoms with E-state index in [9.17, 15) is 14.4 Å². The summed E-state index contributed by atoms with van der Waals surface area (Å²) in [6.45, 7) is 1.88. The van der Waals surface area contributed by atoms with E-state index in [4.69, 9.17) is 0 Å². The van der Waals surface area contributed by atoms with E-state index in [-0.39, 0.29) is 18.9 Å². The minimum Gasteiger partial charge on any atom is -0.465 e. The smallest absolute Gasteiger partial charge is 0.319 e. The molecular formula is C8H11NO4. The number of carbonyl (C=O) groups is 3. The summed E-state index contributed by atoms with van der Waals surface area (Å²) in [6, 6.07) is 0. The third-order valence-electron chi connectivity index (χ3n) is 1.95. The maximum Gasteiger partial charge on any atom is 0.319 e. The number of hydrogen-bond acceptors (Lipinski definition) is 4. The first-order valence-corrected chi connectivity index (χ1v) is 4.05. The van der Waals surface area contributed by atoms with Crippen molar-refractivity contribution >= 4 is 17.8 Å². The number of likely N-dealkylation sites (tertiary alicyclic amines) is 1. The number of hydrogen-bond donors (Lipinski definition) is 0. The Kier molecular flexibility index (Phi) is 2.65. The molecule has 1 heterocycles. The zero-order chi connectivity index (χ0) is 10.0. The number of amides is 2. The molecule has 1 aliphatic heterocycles. The van der Waals surface area contributed by atoms with Crippen molar-refractivity contribution < 1.29 is 19.1 Å². The van der Waals surface area contributed by atoms with Gasteiger partial charge in [-0.1, -0.05) is 0 Å². The number of rotatable bonds is 2. The topological polar surface area (TPSA) is 63.7 Å². The van der Waals surface area contributed by atoms with Gasteiger partial charge in [-0.3, -0.25) is 19.3 Å². The average Bonchev–Trinajstić information content (AvgIpc) is 2.33. The maximum atomic E-state index is 11.2. The first kappa shape index (κ1) is 9.70. The van der Waals surface area contributed by atoms with Crippen LogP contribution in [0, 0.1) is 5.92 Å². The van der Waals surface area contributed by atoms with E-state index in [2.05, 4.69) is 4.74 Å². The van der Waals surface area contributed by atoms with Crippen LogP contribution in [-0.4, -0.2) is 36.3 Å². The third kappa shape index (κ3) is 1.68. The summed E-state index contributed by atoms with van der Waals surface area (Å²) < 4.78 is 4.65. The largest absolute Gasteiger partial charge is 0.465 e. The van der Waals surface area contributed by atoms with E-state index < -0.39 is 17.8 Å². The Balaban J connectivity index is 2.68. The summed E-state index contributed by atoms with van der Waals surface area (Å²) in [6.07, 6.45) is -0.0613. The molecule has 5 nitrogen and oxygen atoms in total. The highest BCUT2D eigenvalue weighted by molar-refractivity contribution is 6.12. The lowest BCUT2D eigenvalue weighted by molar-refractivity contribution is -0.152. The summed E-state index contributed by atoms with van der Waals surface area (Å²) >= 11 is 0. The lowest BCUT2D eigenvalue weighted by Gasteiger charge is -2.07. The van der Waals surface area contributed by atoms with Crippen molar-refractivity contribution in [2.45, 2.75) is 13.3 Å². The fourth-order valence-electron chi connectivity index (χ4n) is 1.18. The van der Waals surface area contributed by atoms with E-state index in [1.54, 1.807) is 6.92 Å². The molecule has 5 heteroatoms. The molecule has 0 saturated carbocycles. The molecule has 13 heavy (non-hydrogen) atoms. The standard InChI is InChI=1S/C8H11NO4/c1-3-13-8(12)5-4-6(10)9(2)7(5)11/h5H,3-4H2,1-2H3/t5-/m0/s1. The van der Waals surface area contributed by atoms with Gasteiger partial charge in [0, 0.05) is 13.5 Å². The van der Waals surface area contributed by atoms with E-state index in [1.165, 1.54) is 7.05 Å². The molecule has 72 valence electrons. The summed E-state index contributed by atoms with van der Waals surface area (Å²) in [5.74, 6) is -2.32. The molecule has 0 N–H and O–H groups in total. The molecule has 1 rings (SSSR count). The number of nitrogens with zero attached hydrogens (tertiary/aromatic N) is 1. The normalized spacial score (nSPS) is 22.3.